The molecule has 0 spiro atoms. The number of carbonyl (C=O) groups excluding carboxylic acids is 2. The largest absolute Gasteiger partial charge is 0.349 e. The molecule has 1 fully saturated rings. The highest BCUT2D eigenvalue weighted by Gasteiger charge is 2.19. The van der Waals surface area contributed by atoms with Crippen LogP contribution in [0.15, 0.2) is 72.8 Å². The fourth-order valence-electron chi connectivity index (χ4n) is 4.07. The van der Waals surface area contributed by atoms with E-state index in [0.29, 0.717) is 21.8 Å². The Kier molecular flexibility index (Phi) is 7.93. The van der Waals surface area contributed by atoms with Crippen LogP contribution in [0, 0.1) is 0 Å². The van der Waals surface area contributed by atoms with Gasteiger partial charge in [0.1, 0.15) is 0 Å². The Morgan fingerprint density at radius 1 is 0.824 bits per heavy atom. The SMILES string of the molecule is O=C(NC(=S)Nc1ccc(Cl)c(C(=O)NC2CCCCC2)c1)c1ccc(-c2ccccc2)cc1. The van der Waals surface area contributed by atoms with E-state index in [0.717, 1.165) is 36.8 Å². The Balaban J connectivity index is 1.36. The summed E-state index contributed by atoms with van der Waals surface area (Å²) in [5, 5.41) is 9.23. The number of nitrogens with one attached hydrogen (secondary N) is 3. The van der Waals surface area contributed by atoms with Gasteiger partial charge in [-0.05, 0) is 66.5 Å². The van der Waals surface area contributed by atoms with Gasteiger partial charge in [-0.1, -0.05) is 73.3 Å². The predicted octanol–water partition coefficient (Wildman–Crippen LogP) is 6.20. The third-order valence-electron chi connectivity index (χ3n) is 5.89. The fourth-order valence-corrected chi connectivity index (χ4v) is 4.48. The van der Waals surface area contributed by atoms with E-state index in [1.807, 2.05) is 42.5 Å². The van der Waals surface area contributed by atoms with Crippen molar-refractivity contribution in [3.8, 4) is 11.1 Å². The van der Waals surface area contributed by atoms with Gasteiger partial charge in [0, 0.05) is 17.3 Å². The van der Waals surface area contributed by atoms with E-state index in [1.165, 1.54) is 6.42 Å². The zero-order chi connectivity index (χ0) is 23.9. The van der Waals surface area contributed by atoms with Gasteiger partial charge in [0.25, 0.3) is 11.8 Å². The second kappa shape index (κ2) is 11.3. The molecule has 5 nitrogen and oxygen atoms in total. The fraction of sp³-hybridized carbons (Fsp3) is 0.222. The first-order chi connectivity index (χ1) is 16.5. The number of hydrogen-bond donors (Lipinski definition) is 3. The van der Waals surface area contributed by atoms with Crippen molar-refractivity contribution >= 4 is 46.4 Å². The van der Waals surface area contributed by atoms with Crippen LogP contribution < -0.4 is 16.0 Å². The van der Waals surface area contributed by atoms with Crippen LogP contribution in [0.5, 0.6) is 0 Å². The van der Waals surface area contributed by atoms with Gasteiger partial charge < -0.3 is 10.6 Å². The minimum absolute atomic E-state index is 0.137. The molecule has 0 heterocycles. The Bertz CT molecular complexity index is 1180. The van der Waals surface area contributed by atoms with Gasteiger partial charge in [-0.2, -0.15) is 0 Å². The molecular weight excluding hydrogens is 466 g/mol. The van der Waals surface area contributed by atoms with Crippen molar-refractivity contribution in [1.82, 2.24) is 10.6 Å². The smallest absolute Gasteiger partial charge is 0.257 e. The third-order valence-corrected chi connectivity index (χ3v) is 6.42. The molecule has 1 aliphatic rings. The van der Waals surface area contributed by atoms with E-state index < -0.39 is 0 Å². The lowest BCUT2D eigenvalue weighted by atomic mass is 9.95. The summed E-state index contributed by atoms with van der Waals surface area (Å²) in [5.74, 6) is -0.518. The number of amides is 2. The number of carbonyl (C=O) groups is 2. The predicted molar refractivity (Wildman–Crippen MR) is 141 cm³/mol. The second-order valence-corrected chi connectivity index (χ2v) is 9.17. The van der Waals surface area contributed by atoms with E-state index in [-0.39, 0.29) is 23.0 Å². The first kappa shape index (κ1) is 23.9. The maximum atomic E-state index is 12.7. The molecule has 3 aromatic rings. The minimum atomic E-state index is -0.318. The lowest BCUT2D eigenvalue weighted by Gasteiger charge is -2.23. The molecule has 0 unspecified atom stereocenters. The van der Waals surface area contributed by atoms with Crippen LogP contribution in [0.3, 0.4) is 0 Å². The molecule has 7 heteroatoms. The summed E-state index contributed by atoms with van der Waals surface area (Å²) in [5.41, 5.74) is 3.55. The minimum Gasteiger partial charge on any atom is -0.349 e. The number of rotatable bonds is 5. The van der Waals surface area contributed by atoms with E-state index in [9.17, 15) is 9.59 Å². The number of benzene rings is 3. The first-order valence-corrected chi connectivity index (χ1v) is 12.2. The molecule has 174 valence electrons. The Labute approximate surface area is 209 Å². The van der Waals surface area contributed by atoms with Gasteiger partial charge in [0.2, 0.25) is 0 Å². The van der Waals surface area contributed by atoms with Crippen LogP contribution in [0.25, 0.3) is 11.1 Å². The van der Waals surface area contributed by atoms with E-state index in [2.05, 4.69) is 16.0 Å². The summed E-state index contributed by atoms with van der Waals surface area (Å²) in [4.78, 5) is 25.4. The van der Waals surface area contributed by atoms with Crippen LogP contribution in [0.1, 0.15) is 52.8 Å². The molecule has 0 aliphatic heterocycles. The maximum absolute atomic E-state index is 12.7. The van der Waals surface area contributed by atoms with E-state index in [4.69, 9.17) is 23.8 Å². The molecule has 2 amide bonds. The lowest BCUT2D eigenvalue weighted by molar-refractivity contribution is 0.0926. The van der Waals surface area contributed by atoms with Gasteiger partial charge in [-0.25, -0.2) is 0 Å². The summed E-state index contributed by atoms with van der Waals surface area (Å²) >= 11 is 11.6. The molecule has 0 aromatic heterocycles. The van der Waals surface area contributed by atoms with Gasteiger partial charge in [0.05, 0.1) is 10.6 Å². The van der Waals surface area contributed by atoms with Crippen molar-refractivity contribution in [2.24, 2.45) is 0 Å². The van der Waals surface area contributed by atoms with Crippen LogP contribution in [0.2, 0.25) is 5.02 Å². The molecule has 0 bridgehead atoms. The number of anilines is 1. The zero-order valence-corrected chi connectivity index (χ0v) is 20.2. The molecule has 0 radical (unpaired) electrons. The van der Waals surface area contributed by atoms with Crippen molar-refractivity contribution in [2.45, 2.75) is 38.1 Å². The Morgan fingerprint density at radius 2 is 1.50 bits per heavy atom. The van der Waals surface area contributed by atoms with Gasteiger partial charge >= 0.3 is 0 Å². The summed E-state index contributed by atoms with van der Waals surface area (Å²) in [7, 11) is 0. The highest BCUT2D eigenvalue weighted by Crippen LogP contribution is 2.23. The van der Waals surface area contributed by atoms with Crippen LogP contribution >= 0.6 is 23.8 Å². The van der Waals surface area contributed by atoms with Crippen LogP contribution in [-0.2, 0) is 0 Å². The Morgan fingerprint density at radius 3 is 2.21 bits per heavy atom. The maximum Gasteiger partial charge on any atom is 0.257 e. The number of halogens is 1. The molecule has 0 atom stereocenters. The van der Waals surface area contributed by atoms with Crippen molar-refractivity contribution in [2.75, 3.05) is 5.32 Å². The van der Waals surface area contributed by atoms with Gasteiger partial charge in [-0.3, -0.25) is 14.9 Å². The molecule has 1 aliphatic carbocycles. The monoisotopic (exact) mass is 491 g/mol. The van der Waals surface area contributed by atoms with Crippen molar-refractivity contribution in [3.63, 3.8) is 0 Å². The number of hydrogen-bond acceptors (Lipinski definition) is 3. The quantitative estimate of drug-likeness (QED) is 0.372. The van der Waals surface area contributed by atoms with Crippen LogP contribution in [0.4, 0.5) is 5.69 Å². The van der Waals surface area contributed by atoms with Crippen LogP contribution in [-0.4, -0.2) is 23.0 Å². The summed E-state index contributed by atoms with van der Waals surface area (Å²) in [6.45, 7) is 0. The zero-order valence-electron chi connectivity index (χ0n) is 18.6. The number of thiocarbonyl (C=S) groups is 1. The average molecular weight is 492 g/mol. The van der Waals surface area contributed by atoms with Gasteiger partial charge in [-0.15, -0.1) is 0 Å². The first-order valence-electron chi connectivity index (χ1n) is 11.4. The van der Waals surface area contributed by atoms with E-state index >= 15 is 0 Å². The normalized spacial score (nSPS) is 13.7. The Hall–Kier alpha value is -3.22. The van der Waals surface area contributed by atoms with Crippen molar-refractivity contribution in [1.29, 1.82) is 0 Å². The summed E-state index contributed by atoms with van der Waals surface area (Å²) < 4.78 is 0. The lowest BCUT2D eigenvalue weighted by Crippen LogP contribution is -2.36. The van der Waals surface area contributed by atoms with Crippen molar-refractivity contribution < 1.29 is 9.59 Å². The molecular formula is C27H26ClN3O2S. The highest BCUT2D eigenvalue weighted by atomic mass is 35.5. The van der Waals surface area contributed by atoms with E-state index in [1.54, 1.807) is 30.3 Å². The van der Waals surface area contributed by atoms with Gasteiger partial charge in [0.15, 0.2) is 5.11 Å². The molecule has 4 rings (SSSR count). The summed E-state index contributed by atoms with van der Waals surface area (Å²) in [6.07, 6.45) is 5.45. The molecule has 0 saturated heterocycles. The molecule has 3 aromatic carbocycles. The third kappa shape index (κ3) is 6.22. The molecule has 3 N–H and O–H groups in total. The topological polar surface area (TPSA) is 70.2 Å². The molecule has 1 saturated carbocycles. The average Bonchev–Trinajstić information content (AvgIpc) is 2.86. The molecule has 34 heavy (non-hydrogen) atoms. The summed E-state index contributed by atoms with van der Waals surface area (Å²) in [6, 6.07) is 22.5. The standard InChI is InChI=1S/C27H26ClN3O2S/c28-24-16-15-22(17-23(24)26(33)29-21-9-5-2-6-10-21)30-27(34)31-25(32)20-13-11-19(12-14-20)18-7-3-1-4-8-18/h1,3-4,7-8,11-17,21H,2,5-6,9-10H2,(H,29,33)(H2,30,31,32,34). The highest BCUT2D eigenvalue weighted by molar-refractivity contribution is 7.80. The second-order valence-electron chi connectivity index (χ2n) is 8.35. The van der Waals surface area contributed by atoms with Crippen molar-refractivity contribution in [3.05, 3.63) is 88.9 Å².